The highest BCUT2D eigenvalue weighted by Crippen LogP contribution is 2.33. The van der Waals surface area contributed by atoms with Crippen molar-refractivity contribution in [1.82, 2.24) is 0 Å². The first kappa shape index (κ1) is 38.6. The molecular formula is C44H62. The quantitative estimate of drug-likeness (QED) is 0.174. The van der Waals surface area contributed by atoms with Crippen LogP contribution in [0.3, 0.4) is 0 Å². The van der Waals surface area contributed by atoms with Crippen LogP contribution in [0.2, 0.25) is 0 Å². The van der Waals surface area contributed by atoms with E-state index in [0.717, 1.165) is 36.8 Å². The van der Waals surface area contributed by atoms with Gasteiger partial charge in [0.15, 0.2) is 0 Å². The number of rotatable bonds is 13. The minimum atomic E-state index is 0. The lowest BCUT2D eigenvalue weighted by molar-refractivity contribution is 0.646. The lowest BCUT2D eigenvalue weighted by Gasteiger charge is -2.18. The molecule has 0 atom stereocenters. The van der Waals surface area contributed by atoms with Crippen LogP contribution in [0.25, 0.3) is 21.9 Å². The summed E-state index contributed by atoms with van der Waals surface area (Å²) in [5, 5.41) is 2.61. The molecular weight excluding hydrogens is 528 g/mol. The first-order valence-corrected chi connectivity index (χ1v) is 16.5. The van der Waals surface area contributed by atoms with Crippen LogP contribution in [0.1, 0.15) is 125 Å². The SMILES string of the molecule is C.C=C(C)/C(=C\C(=C)c1ccc(/C(C)=C(/C=C(\C)CCC)CC(C)C)cc1Cc1cccc2ccccc12)CC(C)C.CC. The van der Waals surface area contributed by atoms with Crippen molar-refractivity contribution in [3.8, 4) is 0 Å². The molecule has 0 saturated carbocycles. The summed E-state index contributed by atoms with van der Waals surface area (Å²) in [4.78, 5) is 0. The first-order chi connectivity index (χ1) is 20.5. The van der Waals surface area contributed by atoms with E-state index in [1.165, 1.54) is 61.7 Å². The Kier molecular flexibility index (Phi) is 16.8. The Morgan fingerprint density at radius 3 is 2.02 bits per heavy atom. The minimum Gasteiger partial charge on any atom is -0.0958 e. The minimum absolute atomic E-state index is 0. The van der Waals surface area contributed by atoms with Crippen LogP contribution in [-0.2, 0) is 6.42 Å². The topological polar surface area (TPSA) is 0 Å². The predicted octanol–water partition coefficient (Wildman–Crippen LogP) is 14.2. The molecule has 0 aromatic heterocycles. The van der Waals surface area contributed by atoms with Crippen molar-refractivity contribution in [2.45, 2.75) is 109 Å². The molecule has 44 heavy (non-hydrogen) atoms. The van der Waals surface area contributed by atoms with E-state index in [4.69, 9.17) is 0 Å². The van der Waals surface area contributed by atoms with Crippen molar-refractivity contribution in [2.75, 3.05) is 0 Å². The summed E-state index contributed by atoms with van der Waals surface area (Å²) in [6, 6.07) is 22.4. The molecule has 0 amide bonds. The third-order valence-corrected chi connectivity index (χ3v) is 7.84. The van der Waals surface area contributed by atoms with E-state index in [1.807, 2.05) is 13.8 Å². The molecule has 3 aromatic rings. The molecule has 0 spiro atoms. The van der Waals surface area contributed by atoms with Crippen molar-refractivity contribution in [1.29, 1.82) is 0 Å². The zero-order valence-electron chi connectivity index (χ0n) is 29.0. The third kappa shape index (κ3) is 11.3. The van der Waals surface area contributed by atoms with Gasteiger partial charge in [0.25, 0.3) is 0 Å². The number of allylic oxidation sites excluding steroid dienone is 8. The molecule has 0 heteroatoms. The molecule has 0 aliphatic rings. The monoisotopic (exact) mass is 590 g/mol. The Bertz CT molecular complexity index is 1460. The molecule has 0 heterocycles. The number of benzene rings is 3. The van der Waals surface area contributed by atoms with Crippen molar-refractivity contribution < 1.29 is 0 Å². The van der Waals surface area contributed by atoms with E-state index >= 15 is 0 Å². The van der Waals surface area contributed by atoms with Gasteiger partial charge in [0.1, 0.15) is 0 Å². The van der Waals surface area contributed by atoms with Crippen molar-refractivity contribution in [3.63, 3.8) is 0 Å². The maximum Gasteiger partial charge on any atom is -0.00132 e. The molecule has 0 saturated heterocycles. The fraction of sp³-hybridized carbons (Fsp3) is 0.409. The molecule has 0 radical (unpaired) electrons. The van der Waals surface area contributed by atoms with Crippen LogP contribution in [0.15, 0.2) is 108 Å². The van der Waals surface area contributed by atoms with E-state index in [1.54, 1.807) is 0 Å². The molecule has 0 nitrogen and oxygen atoms in total. The Hall–Kier alpha value is -3.38. The number of fused-ring (bicyclic) bond motifs is 1. The fourth-order valence-corrected chi connectivity index (χ4v) is 5.73. The highest BCUT2D eigenvalue weighted by molar-refractivity contribution is 5.86. The van der Waals surface area contributed by atoms with Crippen LogP contribution in [0.4, 0.5) is 0 Å². The summed E-state index contributed by atoms with van der Waals surface area (Å²) >= 11 is 0. The van der Waals surface area contributed by atoms with E-state index in [0.29, 0.717) is 11.8 Å². The molecule has 0 unspecified atom stereocenters. The Labute approximate surface area is 272 Å². The summed E-state index contributed by atoms with van der Waals surface area (Å²) in [5.41, 5.74) is 13.0. The van der Waals surface area contributed by atoms with E-state index in [-0.39, 0.29) is 7.43 Å². The molecule has 238 valence electrons. The van der Waals surface area contributed by atoms with Gasteiger partial charge < -0.3 is 0 Å². The van der Waals surface area contributed by atoms with Crippen molar-refractivity contribution in [3.05, 3.63) is 131 Å². The highest BCUT2D eigenvalue weighted by atomic mass is 14.2. The van der Waals surface area contributed by atoms with Crippen LogP contribution in [0, 0.1) is 11.8 Å². The average Bonchev–Trinajstić information content (AvgIpc) is 2.97. The van der Waals surface area contributed by atoms with E-state index in [9.17, 15) is 0 Å². The second-order valence-electron chi connectivity index (χ2n) is 12.7. The first-order valence-electron chi connectivity index (χ1n) is 16.5. The highest BCUT2D eigenvalue weighted by Gasteiger charge is 2.14. The Morgan fingerprint density at radius 2 is 1.41 bits per heavy atom. The standard InChI is InChI=1S/C41H52.C2H6.CH4/c1-11-15-31(8)24-38(23-29(4)5)33(10)35-20-21-40(32(9)25-37(30(6)7)22-28(2)3)39(26-35)27-36-18-14-17-34-16-12-13-19-41(34)36;1-2;/h12-14,16-21,24-26,28-29H,6,9,11,15,22-23,27H2,1-5,7-8,10H3;1-2H3;1H4/b31-24+,37-25-,38-33+;;. The van der Waals surface area contributed by atoms with Gasteiger partial charge in [0.2, 0.25) is 0 Å². The lowest BCUT2D eigenvalue weighted by Crippen LogP contribution is -2.00. The fourth-order valence-electron chi connectivity index (χ4n) is 5.73. The smallest absolute Gasteiger partial charge is 0.00132 e. The molecule has 3 aromatic carbocycles. The molecule has 3 rings (SSSR count). The second kappa shape index (κ2) is 19.1. The Morgan fingerprint density at radius 1 is 0.773 bits per heavy atom. The summed E-state index contributed by atoms with van der Waals surface area (Å²) in [6.45, 7) is 31.0. The predicted molar refractivity (Wildman–Crippen MR) is 203 cm³/mol. The zero-order chi connectivity index (χ0) is 32.1. The van der Waals surface area contributed by atoms with Gasteiger partial charge in [0.05, 0.1) is 0 Å². The maximum absolute atomic E-state index is 4.59. The van der Waals surface area contributed by atoms with Crippen molar-refractivity contribution in [2.24, 2.45) is 11.8 Å². The van der Waals surface area contributed by atoms with Gasteiger partial charge in [-0.15, -0.1) is 0 Å². The van der Waals surface area contributed by atoms with Gasteiger partial charge in [-0.1, -0.05) is 159 Å². The number of hydrogen-bond donors (Lipinski definition) is 0. The van der Waals surface area contributed by atoms with Crippen LogP contribution >= 0.6 is 0 Å². The number of hydrogen-bond acceptors (Lipinski definition) is 0. The van der Waals surface area contributed by atoms with Gasteiger partial charge in [0, 0.05) is 0 Å². The van der Waals surface area contributed by atoms with Crippen LogP contribution in [-0.4, -0.2) is 0 Å². The summed E-state index contributed by atoms with van der Waals surface area (Å²) in [7, 11) is 0. The lowest BCUT2D eigenvalue weighted by atomic mass is 9.87. The van der Waals surface area contributed by atoms with Gasteiger partial charge in [-0.2, -0.15) is 0 Å². The molecule has 0 N–H and O–H groups in total. The van der Waals surface area contributed by atoms with Gasteiger partial charge in [-0.25, -0.2) is 0 Å². The van der Waals surface area contributed by atoms with E-state index in [2.05, 4.69) is 141 Å². The Balaban J connectivity index is 0.00000316. The van der Waals surface area contributed by atoms with Gasteiger partial charge in [-0.3, -0.25) is 0 Å². The summed E-state index contributed by atoms with van der Waals surface area (Å²) < 4.78 is 0. The van der Waals surface area contributed by atoms with Gasteiger partial charge in [-0.05, 0) is 114 Å². The maximum atomic E-state index is 4.59. The van der Waals surface area contributed by atoms with Crippen molar-refractivity contribution >= 4 is 21.9 Å². The van der Waals surface area contributed by atoms with Crippen LogP contribution in [0.5, 0.6) is 0 Å². The summed E-state index contributed by atoms with van der Waals surface area (Å²) in [5.74, 6) is 1.17. The normalized spacial score (nSPS) is 12.5. The largest absolute Gasteiger partial charge is 0.0958 e. The zero-order valence-corrected chi connectivity index (χ0v) is 29.0. The second-order valence-corrected chi connectivity index (χ2v) is 12.7. The molecule has 0 fully saturated rings. The summed E-state index contributed by atoms with van der Waals surface area (Å²) in [6.07, 6.45) is 10.0. The van der Waals surface area contributed by atoms with E-state index < -0.39 is 0 Å². The average molecular weight is 591 g/mol. The van der Waals surface area contributed by atoms with Gasteiger partial charge >= 0.3 is 0 Å². The third-order valence-electron chi connectivity index (χ3n) is 7.84. The van der Waals surface area contributed by atoms with Crippen LogP contribution < -0.4 is 0 Å². The molecule has 0 bridgehead atoms. The molecule has 0 aliphatic heterocycles. The molecule has 0 aliphatic carbocycles.